The van der Waals surface area contributed by atoms with E-state index in [1.807, 2.05) is 30.3 Å². The molecule has 1 aliphatic carbocycles. The zero-order valence-electron chi connectivity index (χ0n) is 17.8. The van der Waals surface area contributed by atoms with Crippen LogP contribution >= 0.6 is 0 Å². The predicted octanol–water partition coefficient (Wildman–Crippen LogP) is 4.30. The van der Waals surface area contributed by atoms with E-state index in [1.165, 1.54) is 40.2 Å². The molecule has 1 heterocycles. The van der Waals surface area contributed by atoms with Crippen LogP contribution in [0.3, 0.4) is 0 Å². The molecule has 6 nitrogen and oxygen atoms in total. The maximum absolute atomic E-state index is 13.1. The highest BCUT2D eigenvalue weighted by molar-refractivity contribution is 7.89. The van der Waals surface area contributed by atoms with Crippen molar-refractivity contribution in [3.05, 3.63) is 77.4 Å². The molecule has 0 aromatic heterocycles. The van der Waals surface area contributed by atoms with Gasteiger partial charge >= 0.3 is 0 Å². The molecule has 0 radical (unpaired) electrons. The first-order valence-electron chi connectivity index (χ1n) is 10.7. The van der Waals surface area contributed by atoms with E-state index in [0.29, 0.717) is 18.8 Å². The molecule has 3 aromatic rings. The second-order valence-corrected chi connectivity index (χ2v) is 10.0. The Labute approximate surface area is 187 Å². The first kappa shape index (κ1) is 20.7. The third-order valence-electron chi connectivity index (χ3n) is 6.16. The minimum atomic E-state index is -3.72. The average molecular weight is 449 g/mol. The third kappa shape index (κ3) is 3.57. The van der Waals surface area contributed by atoms with Gasteiger partial charge in [0.25, 0.3) is 5.91 Å². The van der Waals surface area contributed by atoms with Crippen molar-refractivity contribution in [1.29, 1.82) is 0 Å². The number of benzene rings is 3. The van der Waals surface area contributed by atoms with Gasteiger partial charge in [0.2, 0.25) is 10.0 Å². The number of hydrogen-bond donors (Lipinski definition) is 1. The average Bonchev–Trinajstić information content (AvgIpc) is 3.47. The van der Waals surface area contributed by atoms with Gasteiger partial charge in [-0.2, -0.15) is 4.31 Å². The topological polar surface area (TPSA) is 75.7 Å². The van der Waals surface area contributed by atoms with Crippen molar-refractivity contribution in [2.24, 2.45) is 0 Å². The van der Waals surface area contributed by atoms with E-state index >= 15 is 0 Å². The molecule has 1 N–H and O–H groups in total. The first-order chi connectivity index (χ1) is 15.5. The summed E-state index contributed by atoms with van der Waals surface area (Å²) in [5, 5.41) is 2.91. The van der Waals surface area contributed by atoms with Crippen LogP contribution in [0.5, 0.6) is 5.75 Å². The summed E-state index contributed by atoms with van der Waals surface area (Å²) in [4.78, 5) is 13.0. The van der Waals surface area contributed by atoms with Gasteiger partial charge in [-0.1, -0.05) is 30.3 Å². The van der Waals surface area contributed by atoms with Crippen molar-refractivity contribution < 1.29 is 17.9 Å². The SMILES string of the molecule is COc1ccc(C(=O)Nc2ccc3c(c2)Cc2ccccc2-3)cc1S(=O)(=O)N1CCCC1. The summed E-state index contributed by atoms with van der Waals surface area (Å²) >= 11 is 0. The minimum Gasteiger partial charge on any atom is -0.495 e. The smallest absolute Gasteiger partial charge is 0.255 e. The Hall–Kier alpha value is -3.16. The molecule has 0 saturated carbocycles. The van der Waals surface area contributed by atoms with Crippen LogP contribution in [-0.4, -0.2) is 38.8 Å². The Bertz CT molecular complexity index is 1310. The maximum atomic E-state index is 13.1. The van der Waals surface area contributed by atoms with Gasteiger partial charge in [0, 0.05) is 24.3 Å². The van der Waals surface area contributed by atoms with Crippen molar-refractivity contribution in [3.63, 3.8) is 0 Å². The van der Waals surface area contributed by atoms with Crippen LogP contribution in [0.4, 0.5) is 5.69 Å². The molecule has 5 rings (SSSR count). The summed E-state index contributed by atoms with van der Waals surface area (Å²) in [5.74, 6) is -0.121. The Morgan fingerprint density at radius 3 is 2.47 bits per heavy atom. The second-order valence-electron chi connectivity index (χ2n) is 8.14. The maximum Gasteiger partial charge on any atom is 0.255 e. The van der Waals surface area contributed by atoms with Crippen molar-refractivity contribution in [2.75, 3.05) is 25.5 Å². The fourth-order valence-corrected chi connectivity index (χ4v) is 6.21. The van der Waals surface area contributed by atoms with Gasteiger partial charge in [-0.15, -0.1) is 0 Å². The van der Waals surface area contributed by atoms with Gasteiger partial charge in [0.1, 0.15) is 10.6 Å². The van der Waals surface area contributed by atoms with E-state index < -0.39 is 10.0 Å². The van der Waals surface area contributed by atoms with E-state index in [1.54, 1.807) is 6.07 Å². The van der Waals surface area contributed by atoms with Gasteiger partial charge in [0.05, 0.1) is 7.11 Å². The number of methoxy groups -OCH3 is 1. The molecule has 1 fully saturated rings. The van der Waals surface area contributed by atoms with Crippen LogP contribution < -0.4 is 10.1 Å². The number of carbonyl (C=O) groups excluding carboxylic acids is 1. The van der Waals surface area contributed by atoms with E-state index in [-0.39, 0.29) is 22.1 Å². The van der Waals surface area contributed by atoms with Crippen molar-refractivity contribution in [3.8, 4) is 16.9 Å². The summed E-state index contributed by atoms with van der Waals surface area (Å²) in [5.41, 5.74) is 5.80. The molecule has 0 atom stereocenters. The first-order valence-corrected chi connectivity index (χ1v) is 12.1. The van der Waals surface area contributed by atoms with Gasteiger partial charge in [-0.25, -0.2) is 8.42 Å². The van der Waals surface area contributed by atoms with Crippen LogP contribution in [0, 0.1) is 0 Å². The number of ether oxygens (including phenoxy) is 1. The third-order valence-corrected chi connectivity index (χ3v) is 8.08. The molecule has 0 unspecified atom stereocenters. The number of anilines is 1. The highest BCUT2D eigenvalue weighted by Crippen LogP contribution is 2.37. The highest BCUT2D eigenvalue weighted by Gasteiger charge is 2.30. The van der Waals surface area contributed by atoms with Crippen LogP contribution in [0.25, 0.3) is 11.1 Å². The van der Waals surface area contributed by atoms with Crippen LogP contribution in [0.2, 0.25) is 0 Å². The molecular formula is C25H24N2O4S. The molecule has 1 aliphatic heterocycles. The lowest BCUT2D eigenvalue weighted by atomic mass is 10.1. The number of fused-ring (bicyclic) bond motifs is 3. The molecule has 7 heteroatoms. The van der Waals surface area contributed by atoms with Crippen LogP contribution in [0.1, 0.15) is 34.3 Å². The molecular weight excluding hydrogens is 424 g/mol. The number of hydrogen-bond acceptors (Lipinski definition) is 4. The summed E-state index contributed by atoms with van der Waals surface area (Å²) in [6, 6.07) is 18.7. The standard InChI is InChI=1S/C25H24N2O4S/c1-31-23-11-8-18(16-24(23)32(29,30)27-12-4-5-13-27)25(28)26-20-9-10-22-19(15-20)14-17-6-2-3-7-21(17)22/h2-3,6-11,15-16H,4-5,12-14H2,1H3,(H,26,28). The lowest BCUT2D eigenvalue weighted by Gasteiger charge is -2.18. The van der Waals surface area contributed by atoms with Gasteiger partial charge in [-0.05, 0) is 71.8 Å². The van der Waals surface area contributed by atoms with Gasteiger partial charge in [-0.3, -0.25) is 4.79 Å². The highest BCUT2D eigenvalue weighted by atomic mass is 32.2. The molecule has 32 heavy (non-hydrogen) atoms. The minimum absolute atomic E-state index is 0.0268. The monoisotopic (exact) mass is 448 g/mol. The number of nitrogens with zero attached hydrogens (tertiary/aromatic N) is 1. The van der Waals surface area contributed by atoms with Crippen molar-refractivity contribution in [1.82, 2.24) is 4.31 Å². The van der Waals surface area contributed by atoms with Gasteiger partial charge in [0.15, 0.2) is 0 Å². The number of sulfonamides is 1. The fraction of sp³-hybridized carbons (Fsp3) is 0.240. The Morgan fingerprint density at radius 2 is 1.69 bits per heavy atom. The normalized spacial score (nSPS) is 15.3. The predicted molar refractivity (Wildman–Crippen MR) is 124 cm³/mol. The summed E-state index contributed by atoms with van der Waals surface area (Å²) < 4.78 is 32.9. The lowest BCUT2D eigenvalue weighted by molar-refractivity contribution is 0.102. The zero-order valence-corrected chi connectivity index (χ0v) is 18.6. The quantitative estimate of drug-likeness (QED) is 0.494. The Balaban J connectivity index is 1.41. The van der Waals surface area contributed by atoms with Crippen molar-refractivity contribution >= 4 is 21.6 Å². The summed E-state index contributed by atoms with van der Waals surface area (Å²) in [6.45, 7) is 0.971. The largest absolute Gasteiger partial charge is 0.495 e. The van der Waals surface area contributed by atoms with Crippen LogP contribution in [-0.2, 0) is 16.4 Å². The Kier molecular flexibility index (Phi) is 5.23. The summed E-state index contributed by atoms with van der Waals surface area (Å²) in [7, 11) is -2.29. The van der Waals surface area contributed by atoms with E-state index in [9.17, 15) is 13.2 Å². The second kappa shape index (κ2) is 8.07. The molecule has 0 spiro atoms. The number of amides is 1. The van der Waals surface area contributed by atoms with E-state index in [2.05, 4.69) is 17.4 Å². The van der Waals surface area contributed by atoms with Gasteiger partial charge < -0.3 is 10.1 Å². The number of carbonyl (C=O) groups is 1. The lowest BCUT2D eigenvalue weighted by Crippen LogP contribution is -2.28. The van der Waals surface area contributed by atoms with Crippen molar-refractivity contribution in [2.45, 2.75) is 24.2 Å². The molecule has 1 saturated heterocycles. The molecule has 1 amide bonds. The number of rotatable bonds is 5. The zero-order chi connectivity index (χ0) is 22.3. The number of nitrogens with one attached hydrogen (secondary N) is 1. The van der Waals surface area contributed by atoms with E-state index in [0.717, 1.165) is 24.8 Å². The molecule has 0 bridgehead atoms. The molecule has 3 aromatic carbocycles. The Morgan fingerprint density at radius 1 is 0.938 bits per heavy atom. The molecule has 164 valence electrons. The van der Waals surface area contributed by atoms with Crippen LogP contribution in [0.15, 0.2) is 65.6 Å². The molecule has 2 aliphatic rings. The fourth-order valence-electron chi connectivity index (χ4n) is 4.51. The van der Waals surface area contributed by atoms with E-state index in [4.69, 9.17) is 4.74 Å². The summed E-state index contributed by atoms with van der Waals surface area (Å²) in [6.07, 6.45) is 2.50.